The Morgan fingerprint density at radius 2 is 1.86 bits per heavy atom. The summed E-state index contributed by atoms with van der Waals surface area (Å²) in [5, 5.41) is 13.0. The lowest BCUT2D eigenvalue weighted by atomic mass is 10.0. The smallest absolute Gasteiger partial charge is 0.234 e. The van der Waals surface area contributed by atoms with Gasteiger partial charge in [0.05, 0.1) is 16.5 Å². The van der Waals surface area contributed by atoms with Crippen LogP contribution in [0.5, 0.6) is 0 Å². The SMILES string of the molecule is CCn1c(SCC(=O)Nc2ccc(Cl)cc2Cl)nnc1-c1ccc(C(C)C)cc1. The topological polar surface area (TPSA) is 59.8 Å². The van der Waals surface area contributed by atoms with Crippen LogP contribution in [0.3, 0.4) is 0 Å². The lowest BCUT2D eigenvalue weighted by Gasteiger charge is -2.10. The van der Waals surface area contributed by atoms with E-state index in [1.165, 1.54) is 17.3 Å². The van der Waals surface area contributed by atoms with Crippen LogP contribution in [0.25, 0.3) is 11.4 Å². The van der Waals surface area contributed by atoms with Crippen molar-refractivity contribution in [2.24, 2.45) is 0 Å². The number of hydrogen-bond acceptors (Lipinski definition) is 4. The van der Waals surface area contributed by atoms with E-state index in [1.807, 2.05) is 11.5 Å². The van der Waals surface area contributed by atoms with E-state index in [2.05, 4.69) is 53.6 Å². The van der Waals surface area contributed by atoms with Crippen LogP contribution in [-0.2, 0) is 11.3 Å². The van der Waals surface area contributed by atoms with Crippen molar-refractivity contribution in [1.82, 2.24) is 14.8 Å². The first-order valence-electron chi connectivity index (χ1n) is 9.30. The Hall–Kier alpha value is -2.02. The predicted molar refractivity (Wildman–Crippen MR) is 121 cm³/mol. The quantitative estimate of drug-likeness (QED) is 0.441. The van der Waals surface area contributed by atoms with Gasteiger partial charge in [0, 0.05) is 17.1 Å². The standard InChI is InChI=1S/C21H22Cl2N4OS/c1-4-27-20(15-7-5-14(6-8-15)13(2)3)25-26-21(27)29-12-19(28)24-18-10-9-16(22)11-17(18)23/h5-11,13H,4,12H2,1-3H3,(H,24,28). The summed E-state index contributed by atoms with van der Waals surface area (Å²) in [6, 6.07) is 13.3. The fourth-order valence-electron chi connectivity index (χ4n) is 2.82. The molecule has 0 aliphatic rings. The van der Waals surface area contributed by atoms with Crippen LogP contribution in [0.4, 0.5) is 5.69 Å². The third-order valence-electron chi connectivity index (χ3n) is 4.41. The van der Waals surface area contributed by atoms with Crippen molar-refractivity contribution in [3.63, 3.8) is 0 Å². The maximum Gasteiger partial charge on any atom is 0.234 e. The fraction of sp³-hybridized carbons (Fsp3) is 0.286. The van der Waals surface area contributed by atoms with Crippen molar-refractivity contribution >= 4 is 46.6 Å². The van der Waals surface area contributed by atoms with Crippen molar-refractivity contribution in [1.29, 1.82) is 0 Å². The first-order valence-corrected chi connectivity index (χ1v) is 11.0. The molecule has 1 heterocycles. The molecule has 3 rings (SSSR count). The van der Waals surface area contributed by atoms with Gasteiger partial charge in [0.2, 0.25) is 5.91 Å². The molecule has 0 radical (unpaired) electrons. The highest BCUT2D eigenvalue weighted by Crippen LogP contribution is 2.27. The van der Waals surface area contributed by atoms with E-state index in [0.717, 1.165) is 11.4 Å². The van der Waals surface area contributed by atoms with Crippen molar-refractivity contribution in [2.75, 3.05) is 11.1 Å². The van der Waals surface area contributed by atoms with Gasteiger partial charge in [-0.25, -0.2) is 0 Å². The number of anilines is 1. The van der Waals surface area contributed by atoms with Gasteiger partial charge in [0.1, 0.15) is 0 Å². The molecule has 0 saturated carbocycles. The number of amides is 1. The number of aromatic nitrogens is 3. The zero-order chi connectivity index (χ0) is 21.0. The van der Waals surface area contributed by atoms with E-state index < -0.39 is 0 Å². The van der Waals surface area contributed by atoms with Crippen LogP contribution >= 0.6 is 35.0 Å². The second kappa shape index (κ2) is 9.65. The second-order valence-corrected chi connectivity index (χ2v) is 8.57. The van der Waals surface area contributed by atoms with Crippen LogP contribution in [-0.4, -0.2) is 26.4 Å². The third kappa shape index (κ3) is 5.32. The highest BCUT2D eigenvalue weighted by atomic mass is 35.5. The van der Waals surface area contributed by atoms with Crippen LogP contribution in [0.1, 0.15) is 32.3 Å². The van der Waals surface area contributed by atoms with E-state index in [-0.39, 0.29) is 11.7 Å². The number of thioether (sulfide) groups is 1. The van der Waals surface area contributed by atoms with Gasteiger partial charge in [0.15, 0.2) is 11.0 Å². The lowest BCUT2D eigenvalue weighted by Crippen LogP contribution is -2.15. The molecule has 29 heavy (non-hydrogen) atoms. The Labute approximate surface area is 184 Å². The monoisotopic (exact) mass is 448 g/mol. The largest absolute Gasteiger partial charge is 0.324 e. The van der Waals surface area contributed by atoms with Gasteiger partial charge >= 0.3 is 0 Å². The molecule has 0 saturated heterocycles. The normalized spacial score (nSPS) is 11.1. The first-order chi connectivity index (χ1) is 13.9. The van der Waals surface area contributed by atoms with Gasteiger partial charge in [-0.1, -0.05) is 73.1 Å². The number of nitrogens with zero attached hydrogens (tertiary/aromatic N) is 3. The van der Waals surface area contributed by atoms with Crippen molar-refractivity contribution in [2.45, 2.75) is 38.4 Å². The average molecular weight is 449 g/mol. The van der Waals surface area contributed by atoms with Crippen LogP contribution in [0.15, 0.2) is 47.6 Å². The molecule has 0 aliphatic carbocycles. The Morgan fingerprint density at radius 3 is 2.48 bits per heavy atom. The molecule has 0 aliphatic heterocycles. The fourth-order valence-corrected chi connectivity index (χ4v) is 4.08. The molecule has 0 unspecified atom stereocenters. The third-order valence-corrected chi connectivity index (χ3v) is 5.92. The summed E-state index contributed by atoms with van der Waals surface area (Å²) in [6.07, 6.45) is 0. The van der Waals surface area contributed by atoms with E-state index >= 15 is 0 Å². The number of carbonyl (C=O) groups is 1. The molecule has 1 aromatic heterocycles. The molecule has 152 valence electrons. The average Bonchev–Trinajstić information content (AvgIpc) is 3.11. The van der Waals surface area contributed by atoms with E-state index in [9.17, 15) is 4.79 Å². The van der Waals surface area contributed by atoms with Crippen LogP contribution in [0, 0.1) is 0 Å². The number of halogens is 2. The lowest BCUT2D eigenvalue weighted by molar-refractivity contribution is -0.113. The van der Waals surface area contributed by atoms with E-state index in [1.54, 1.807) is 18.2 Å². The molecule has 0 bridgehead atoms. The minimum Gasteiger partial charge on any atom is -0.324 e. The molecule has 8 heteroatoms. The molecular weight excluding hydrogens is 427 g/mol. The molecule has 0 spiro atoms. The molecule has 0 fully saturated rings. The summed E-state index contributed by atoms with van der Waals surface area (Å²) in [5.74, 6) is 1.30. The highest BCUT2D eigenvalue weighted by molar-refractivity contribution is 7.99. The van der Waals surface area contributed by atoms with Gasteiger partial charge in [-0.3, -0.25) is 4.79 Å². The minimum atomic E-state index is -0.173. The van der Waals surface area contributed by atoms with Gasteiger partial charge in [-0.05, 0) is 36.6 Å². The van der Waals surface area contributed by atoms with E-state index in [4.69, 9.17) is 23.2 Å². The van der Waals surface area contributed by atoms with Crippen LogP contribution in [0.2, 0.25) is 10.0 Å². The van der Waals surface area contributed by atoms with Crippen molar-refractivity contribution in [3.8, 4) is 11.4 Å². The van der Waals surface area contributed by atoms with Gasteiger partial charge < -0.3 is 9.88 Å². The Kier molecular flexibility index (Phi) is 7.22. The first kappa shape index (κ1) is 21.7. The maximum absolute atomic E-state index is 12.3. The number of rotatable bonds is 7. The van der Waals surface area contributed by atoms with Crippen molar-refractivity contribution in [3.05, 3.63) is 58.1 Å². The van der Waals surface area contributed by atoms with Gasteiger partial charge in [-0.15, -0.1) is 10.2 Å². The summed E-state index contributed by atoms with van der Waals surface area (Å²) in [5.41, 5.74) is 2.82. The minimum absolute atomic E-state index is 0.173. The maximum atomic E-state index is 12.3. The molecule has 2 aromatic carbocycles. The highest BCUT2D eigenvalue weighted by Gasteiger charge is 2.15. The summed E-state index contributed by atoms with van der Waals surface area (Å²) in [4.78, 5) is 12.3. The zero-order valence-corrected chi connectivity index (χ0v) is 18.8. The van der Waals surface area contributed by atoms with Crippen LogP contribution < -0.4 is 5.32 Å². The summed E-state index contributed by atoms with van der Waals surface area (Å²) in [7, 11) is 0. The van der Waals surface area contributed by atoms with E-state index in [0.29, 0.717) is 33.4 Å². The summed E-state index contributed by atoms with van der Waals surface area (Å²) >= 11 is 13.3. The Balaban J connectivity index is 1.69. The summed E-state index contributed by atoms with van der Waals surface area (Å²) in [6.45, 7) is 7.08. The number of nitrogens with one attached hydrogen (secondary N) is 1. The Bertz CT molecular complexity index is 1000. The van der Waals surface area contributed by atoms with Crippen molar-refractivity contribution < 1.29 is 4.79 Å². The van der Waals surface area contributed by atoms with Gasteiger partial charge in [0.25, 0.3) is 0 Å². The zero-order valence-electron chi connectivity index (χ0n) is 16.4. The van der Waals surface area contributed by atoms with Gasteiger partial charge in [-0.2, -0.15) is 0 Å². The molecule has 1 amide bonds. The second-order valence-electron chi connectivity index (χ2n) is 6.79. The molecule has 5 nitrogen and oxygen atoms in total. The number of carbonyl (C=O) groups excluding carboxylic acids is 1. The Morgan fingerprint density at radius 1 is 1.14 bits per heavy atom. The predicted octanol–water partition coefficient (Wildman–Crippen LogP) is 6.13. The number of benzene rings is 2. The summed E-state index contributed by atoms with van der Waals surface area (Å²) < 4.78 is 2.01. The molecular formula is C21H22Cl2N4OS. The molecule has 3 aromatic rings. The number of hydrogen-bond donors (Lipinski definition) is 1. The molecule has 1 N–H and O–H groups in total. The molecule has 0 atom stereocenters.